The summed E-state index contributed by atoms with van der Waals surface area (Å²) in [6.07, 6.45) is 4.29. The first-order valence-corrected chi connectivity index (χ1v) is 8.84. The van der Waals surface area contributed by atoms with Crippen LogP contribution in [0.3, 0.4) is 0 Å². The smallest absolute Gasteiger partial charge is 0.264 e. The molecule has 2 aliphatic heterocycles. The van der Waals surface area contributed by atoms with Gasteiger partial charge in [-0.25, -0.2) is 0 Å². The Kier molecular flexibility index (Phi) is 3.92. The summed E-state index contributed by atoms with van der Waals surface area (Å²) in [6, 6.07) is 11.6. The third-order valence-corrected chi connectivity index (χ3v) is 5.19. The number of amides is 1. The second-order valence-electron chi connectivity index (χ2n) is 7.15. The minimum absolute atomic E-state index is 0.0269. The molecule has 2 aromatic rings. The van der Waals surface area contributed by atoms with E-state index in [0.29, 0.717) is 18.2 Å². The SMILES string of the molecule is C[C@H]1CCCN(C(=O)[C@]2(N)Cc3ccccc3N2c2cccnn2)C1. The van der Waals surface area contributed by atoms with E-state index in [2.05, 4.69) is 17.1 Å². The lowest BCUT2D eigenvalue weighted by atomic mass is 9.97. The second-order valence-corrected chi connectivity index (χ2v) is 7.15. The van der Waals surface area contributed by atoms with Crippen LogP contribution in [0.2, 0.25) is 0 Å². The first-order chi connectivity index (χ1) is 12.1. The van der Waals surface area contributed by atoms with Crippen LogP contribution in [0.15, 0.2) is 42.6 Å². The molecule has 0 aliphatic carbocycles. The monoisotopic (exact) mass is 337 g/mol. The molecule has 0 saturated carbocycles. The number of benzene rings is 1. The van der Waals surface area contributed by atoms with Gasteiger partial charge in [-0.15, -0.1) is 5.10 Å². The first kappa shape index (κ1) is 16.0. The summed E-state index contributed by atoms with van der Waals surface area (Å²) in [6.45, 7) is 3.72. The molecular formula is C19H23N5O. The number of fused-ring (bicyclic) bond motifs is 1. The van der Waals surface area contributed by atoms with E-state index in [4.69, 9.17) is 5.73 Å². The van der Waals surface area contributed by atoms with E-state index in [0.717, 1.165) is 37.2 Å². The minimum atomic E-state index is -1.16. The summed E-state index contributed by atoms with van der Waals surface area (Å²) in [5.41, 5.74) is 7.61. The van der Waals surface area contributed by atoms with Crippen molar-refractivity contribution in [2.45, 2.75) is 31.8 Å². The number of aromatic nitrogens is 2. The number of nitrogens with zero attached hydrogens (tertiary/aromatic N) is 4. The highest BCUT2D eigenvalue weighted by atomic mass is 16.2. The average molecular weight is 337 g/mol. The van der Waals surface area contributed by atoms with Crippen molar-refractivity contribution in [1.29, 1.82) is 0 Å². The van der Waals surface area contributed by atoms with Gasteiger partial charge in [0.1, 0.15) is 0 Å². The highest BCUT2D eigenvalue weighted by Gasteiger charge is 2.50. The number of hydrogen-bond donors (Lipinski definition) is 1. The van der Waals surface area contributed by atoms with Crippen molar-refractivity contribution in [2.24, 2.45) is 11.7 Å². The molecule has 1 aromatic heterocycles. The Morgan fingerprint density at radius 2 is 2.12 bits per heavy atom. The van der Waals surface area contributed by atoms with Crippen LogP contribution in [0.4, 0.5) is 11.5 Å². The maximum Gasteiger partial charge on any atom is 0.264 e. The Labute approximate surface area is 147 Å². The Morgan fingerprint density at radius 3 is 2.88 bits per heavy atom. The van der Waals surface area contributed by atoms with E-state index in [-0.39, 0.29) is 5.91 Å². The highest BCUT2D eigenvalue weighted by Crippen LogP contribution is 2.42. The maximum atomic E-state index is 13.4. The van der Waals surface area contributed by atoms with Crippen molar-refractivity contribution >= 4 is 17.4 Å². The summed E-state index contributed by atoms with van der Waals surface area (Å²) in [5.74, 6) is 1.09. The quantitative estimate of drug-likeness (QED) is 0.908. The van der Waals surface area contributed by atoms with Gasteiger partial charge in [-0.1, -0.05) is 25.1 Å². The fourth-order valence-corrected chi connectivity index (χ4v) is 4.02. The topological polar surface area (TPSA) is 75.3 Å². The lowest BCUT2D eigenvalue weighted by molar-refractivity contribution is -0.138. The normalized spacial score (nSPS) is 25.8. The number of hydrogen-bond acceptors (Lipinski definition) is 5. The van der Waals surface area contributed by atoms with Gasteiger partial charge < -0.3 is 10.6 Å². The predicted molar refractivity (Wildman–Crippen MR) is 96.2 cm³/mol. The van der Waals surface area contributed by atoms with Crippen LogP contribution in [-0.4, -0.2) is 39.8 Å². The zero-order chi connectivity index (χ0) is 17.4. The molecule has 1 saturated heterocycles. The van der Waals surface area contributed by atoms with Gasteiger partial charge in [0.25, 0.3) is 5.91 Å². The van der Waals surface area contributed by atoms with Crippen LogP contribution in [0.1, 0.15) is 25.3 Å². The number of carbonyl (C=O) groups is 1. The standard InChI is InChI=1S/C19H23N5O/c1-14-6-5-11-23(13-14)18(25)19(20)12-15-7-2-3-8-16(15)24(19)17-9-4-10-21-22-17/h2-4,7-10,14H,5-6,11-13,20H2,1H3/t14-,19-/m0/s1. The van der Waals surface area contributed by atoms with Crippen LogP contribution in [0.5, 0.6) is 0 Å². The minimum Gasteiger partial charge on any atom is -0.339 e. The van der Waals surface area contributed by atoms with Crippen LogP contribution in [0, 0.1) is 5.92 Å². The molecule has 25 heavy (non-hydrogen) atoms. The van der Waals surface area contributed by atoms with Crippen molar-refractivity contribution in [3.05, 3.63) is 48.2 Å². The molecule has 2 N–H and O–H groups in total. The zero-order valence-electron chi connectivity index (χ0n) is 14.4. The number of carbonyl (C=O) groups excluding carboxylic acids is 1. The summed E-state index contributed by atoms with van der Waals surface area (Å²) < 4.78 is 0. The van der Waals surface area contributed by atoms with Crippen molar-refractivity contribution in [3.8, 4) is 0 Å². The van der Waals surface area contributed by atoms with Gasteiger partial charge in [-0.2, -0.15) is 5.10 Å². The van der Waals surface area contributed by atoms with E-state index >= 15 is 0 Å². The summed E-state index contributed by atoms with van der Waals surface area (Å²) in [7, 11) is 0. The lowest BCUT2D eigenvalue weighted by Gasteiger charge is -2.40. The van der Waals surface area contributed by atoms with Crippen molar-refractivity contribution in [2.75, 3.05) is 18.0 Å². The van der Waals surface area contributed by atoms with Crippen LogP contribution >= 0.6 is 0 Å². The Morgan fingerprint density at radius 1 is 1.28 bits per heavy atom. The number of para-hydroxylation sites is 1. The van der Waals surface area contributed by atoms with Crippen molar-refractivity contribution < 1.29 is 4.79 Å². The van der Waals surface area contributed by atoms with Crippen LogP contribution < -0.4 is 10.6 Å². The predicted octanol–water partition coefficient (Wildman–Crippen LogP) is 2.08. The molecule has 3 heterocycles. The molecule has 2 aliphatic rings. The lowest BCUT2D eigenvalue weighted by Crippen LogP contribution is -2.64. The zero-order valence-corrected chi connectivity index (χ0v) is 14.4. The molecule has 1 aromatic carbocycles. The molecule has 1 amide bonds. The molecule has 2 atom stereocenters. The van der Waals surface area contributed by atoms with Gasteiger partial charge in [0.2, 0.25) is 0 Å². The van der Waals surface area contributed by atoms with Gasteiger partial charge in [-0.3, -0.25) is 9.69 Å². The van der Waals surface area contributed by atoms with E-state index in [1.807, 2.05) is 46.2 Å². The highest BCUT2D eigenvalue weighted by molar-refractivity contribution is 5.95. The van der Waals surface area contributed by atoms with Gasteiger partial charge in [0.05, 0.1) is 0 Å². The number of nitrogens with two attached hydrogens (primary N) is 1. The average Bonchev–Trinajstić information content (AvgIpc) is 2.95. The molecule has 1 fully saturated rings. The number of piperidine rings is 1. The van der Waals surface area contributed by atoms with E-state index in [9.17, 15) is 4.79 Å². The maximum absolute atomic E-state index is 13.4. The molecule has 0 unspecified atom stereocenters. The molecule has 6 heteroatoms. The van der Waals surface area contributed by atoms with Gasteiger partial charge in [0, 0.05) is 31.4 Å². The van der Waals surface area contributed by atoms with E-state index < -0.39 is 5.66 Å². The molecule has 0 radical (unpaired) electrons. The van der Waals surface area contributed by atoms with Gasteiger partial charge in [0.15, 0.2) is 11.5 Å². The third kappa shape index (κ3) is 2.66. The Balaban J connectivity index is 1.75. The summed E-state index contributed by atoms with van der Waals surface area (Å²) in [4.78, 5) is 17.2. The molecule has 6 nitrogen and oxygen atoms in total. The summed E-state index contributed by atoms with van der Waals surface area (Å²) in [5, 5.41) is 8.20. The molecule has 0 bridgehead atoms. The molecular weight excluding hydrogens is 314 g/mol. The first-order valence-electron chi connectivity index (χ1n) is 8.84. The fourth-order valence-electron chi connectivity index (χ4n) is 4.02. The van der Waals surface area contributed by atoms with Gasteiger partial charge in [-0.05, 0) is 42.5 Å². The Hall–Kier alpha value is -2.47. The third-order valence-electron chi connectivity index (χ3n) is 5.19. The van der Waals surface area contributed by atoms with E-state index in [1.54, 1.807) is 6.20 Å². The van der Waals surface area contributed by atoms with Crippen LogP contribution in [0.25, 0.3) is 0 Å². The largest absolute Gasteiger partial charge is 0.339 e. The number of rotatable bonds is 2. The van der Waals surface area contributed by atoms with Crippen molar-refractivity contribution in [1.82, 2.24) is 15.1 Å². The number of anilines is 2. The Bertz CT molecular complexity index is 780. The molecule has 0 spiro atoms. The summed E-state index contributed by atoms with van der Waals surface area (Å²) >= 11 is 0. The second kappa shape index (κ2) is 6.11. The molecule has 4 rings (SSSR count). The molecule has 130 valence electrons. The van der Waals surface area contributed by atoms with Crippen molar-refractivity contribution in [3.63, 3.8) is 0 Å². The van der Waals surface area contributed by atoms with Gasteiger partial charge >= 0.3 is 0 Å². The fraction of sp³-hybridized carbons (Fsp3) is 0.421. The van der Waals surface area contributed by atoms with E-state index in [1.165, 1.54) is 0 Å². The van der Waals surface area contributed by atoms with Crippen LogP contribution in [-0.2, 0) is 11.2 Å². The number of likely N-dealkylation sites (tertiary alicyclic amines) is 1.